The van der Waals surface area contributed by atoms with E-state index in [2.05, 4.69) is 19.2 Å². The zero-order valence-corrected chi connectivity index (χ0v) is 12.8. The third-order valence-corrected chi connectivity index (χ3v) is 3.23. The number of rotatable bonds is 8. The van der Waals surface area contributed by atoms with E-state index in [0.29, 0.717) is 24.6 Å². The Kier molecular flexibility index (Phi) is 6.88. The van der Waals surface area contributed by atoms with E-state index < -0.39 is 0 Å². The highest BCUT2D eigenvalue weighted by Crippen LogP contribution is 2.16. The van der Waals surface area contributed by atoms with Crippen molar-refractivity contribution in [2.75, 3.05) is 11.9 Å². The van der Waals surface area contributed by atoms with Crippen molar-refractivity contribution >= 4 is 17.5 Å². The van der Waals surface area contributed by atoms with Gasteiger partial charge in [0, 0.05) is 12.1 Å². The fourth-order valence-corrected chi connectivity index (χ4v) is 2.31. The number of primary amides is 1. The van der Waals surface area contributed by atoms with Crippen LogP contribution in [0.15, 0.2) is 24.3 Å². The average Bonchev–Trinajstić information content (AvgIpc) is 2.39. The van der Waals surface area contributed by atoms with Crippen molar-refractivity contribution in [1.82, 2.24) is 0 Å². The first-order valence-electron chi connectivity index (χ1n) is 7.27. The Bertz CT molecular complexity index is 469. The summed E-state index contributed by atoms with van der Waals surface area (Å²) >= 11 is 0. The van der Waals surface area contributed by atoms with E-state index >= 15 is 0 Å². The van der Waals surface area contributed by atoms with E-state index in [0.717, 1.165) is 12.0 Å². The molecular weight excluding hydrogens is 266 g/mol. The van der Waals surface area contributed by atoms with Crippen LogP contribution in [0.4, 0.5) is 5.69 Å². The maximum absolute atomic E-state index is 12.0. The second-order valence-electron chi connectivity index (χ2n) is 5.82. The zero-order valence-electron chi connectivity index (χ0n) is 12.8. The molecule has 5 N–H and O–H groups in total. The molecule has 0 radical (unpaired) electrons. The van der Waals surface area contributed by atoms with Gasteiger partial charge in [-0.05, 0) is 42.5 Å². The Labute approximate surface area is 126 Å². The molecule has 0 saturated carbocycles. The molecule has 1 aromatic rings. The standard InChI is InChI=1S/C16H25N3O2/c1-11(2)7-13(10-17)9-16(21)19-14-5-3-12(4-6-14)8-15(18)20/h3-6,11,13H,7-10,17H2,1-2H3,(H2,18,20)(H,19,21). The van der Waals surface area contributed by atoms with Crippen LogP contribution in [0.25, 0.3) is 0 Å². The highest BCUT2D eigenvalue weighted by Gasteiger charge is 2.14. The molecule has 116 valence electrons. The molecule has 0 saturated heterocycles. The molecule has 5 nitrogen and oxygen atoms in total. The molecule has 1 rings (SSSR count). The maximum atomic E-state index is 12.0. The Balaban J connectivity index is 2.52. The quantitative estimate of drug-likeness (QED) is 0.679. The average molecular weight is 291 g/mol. The van der Waals surface area contributed by atoms with Crippen molar-refractivity contribution in [3.8, 4) is 0 Å². The first kappa shape index (κ1) is 17.2. The first-order valence-corrected chi connectivity index (χ1v) is 7.27. The van der Waals surface area contributed by atoms with Crippen LogP contribution in [-0.4, -0.2) is 18.4 Å². The molecule has 0 fully saturated rings. The van der Waals surface area contributed by atoms with Crippen LogP contribution in [0.1, 0.15) is 32.3 Å². The summed E-state index contributed by atoms with van der Waals surface area (Å²) in [4.78, 5) is 22.8. The second kappa shape index (κ2) is 8.42. The minimum Gasteiger partial charge on any atom is -0.369 e. The number of carbonyl (C=O) groups is 2. The van der Waals surface area contributed by atoms with E-state index in [4.69, 9.17) is 11.5 Å². The molecule has 1 atom stereocenters. The van der Waals surface area contributed by atoms with Crippen LogP contribution in [0.3, 0.4) is 0 Å². The first-order chi connectivity index (χ1) is 9.90. The van der Waals surface area contributed by atoms with E-state index in [9.17, 15) is 9.59 Å². The molecule has 0 bridgehead atoms. The lowest BCUT2D eigenvalue weighted by atomic mass is 9.94. The van der Waals surface area contributed by atoms with Gasteiger partial charge in [0.15, 0.2) is 0 Å². The Morgan fingerprint density at radius 1 is 1.19 bits per heavy atom. The summed E-state index contributed by atoms with van der Waals surface area (Å²) in [6, 6.07) is 7.12. The summed E-state index contributed by atoms with van der Waals surface area (Å²) in [6.45, 7) is 4.76. The number of nitrogens with two attached hydrogens (primary N) is 2. The van der Waals surface area contributed by atoms with Gasteiger partial charge in [0.05, 0.1) is 6.42 Å². The molecule has 1 aromatic carbocycles. The van der Waals surface area contributed by atoms with Gasteiger partial charge >= 0.3 is 0 Å². The Hall–Kier alpha value is -1.88. The molecule has 0 heterocycles. The van der Waals surface area contributed by atoms with E-state index in [1.165, 1.54) is 0 Å². The molecule has 0 spiro atoms. The second-order valence-corrected chi connectivity index (χ2v) is 5.82. The Morgan fingerprint density at radius 2 is 1.81 bits per heavy atom. The third-order valence-electron chi connectivity index (χ3n) is 3.23. The molecule has 0 aliphatic rings. The molecule has 21 heavy (non-hydrogen) atoms. The van der Waals surface area contributed by atoms with Gasteiger partial charge in [-0.1, -0.05) is 26.0 Å². The molecular formula is C16H25N3O2. The van der Waals surface area contributed by atoms with E-state index in [-0.39, 0.29) is 24.2 Å². The third kappa shape index (κ3) is 6.90. The number of hydrogen-bond donors (Lipinski definition) is 3. The van der Waals surface area contributed by atoms with Gasteiger partial charge in [-0.15, -0.1) is 0 Å². The fraction of sp³-hybridized carbons (Fsp3) is 0.500. The van der Waals surface area contributed by atoms with Gasteiger partial charge in [0.1, 0.15) is 0 Å². The van der Waals surface area contributed by atoms with Gasteiger partial charge in [-0.25, -0.2) is 0 Å². The minimum atomic E-state index is -0.369. The highest BCUT2D eigenvalue weighted by molar-refractivity contribution is 5.90. The van der Waals surface area contributed by atoms with Crippen molar-refractivity contribution < 1.29 is 9.59 Å². The summed E-state index contributed by atoms with van der Waals surface area (Å²) in [7, 11) is 0. The maximum Gasteiger partial charge on any atom is 0.224 e. The number of hydrogen-bond acceptors (Lipinski definition) is 3. The summed E-state index contributed by atoms with van der Waals surface area (Å²) in [5.41, 5.74) is 12.4. The predicted molar refractivity (Wildman–Crippen MR) is 84.6 cm³/mol. The Morgan fingerprint density at radius 3 is 2.29 bits per heavy atom. The molecule has 1 unspecified atom stereocenters. The number of nitrogens with one attached hydrogen (secondary N) is 1. The number of benzene rings is 1. The van der Waals surface area contributed by atoms with Crippen molar-refractivity contribution in [3.63, 3.8) is 0 Å². The minimum absolute atomic E-state index is 0.0336. The zero-order chi connectivity index (χ0) is 15.8. The normalized spacial score (nSPS) is 12.2. The summed E-state index contributed by atoms with van der Waals surface area (Å²) in [6.07, 6.45) is 1.58. The summed E-state index contributed by atoms with van der Waals surface area (Å²) in [5.74, 6) is 0.332. The SMILES string of the molecule is CC(C)CC(CN)CC(=O)Nc1ccc(CC(N)=O)cc1. The van der Waals surface area contributed by atoms with E-state index in [1.54, 1.807) is 24.3 Å². The van der Waals surface area contributed by atoms with Gasteiger partial charge < -0.3 is 16.8 Å². The number of anilines is 1. The van der Waals surface area contributed by atoms with Gasteiger partial charge in [-0.2, -0.15) is 0 Å². The molecule has 5 heteroatoms. The fourth-order valence-electron chi connectivity index (χ4n) is 2.31. The lowest BCUT2D eigenvalue weighted by Gasteiger charge is -2.16. The summed E-state index contributed by atoms with van der Waals surface area (Å²) in [5, 5.41) is 2.85. The van der Waals surface area contributed by atoms with Crippen molar-refractivity contribution in [3.05, 3.63) is 29.8 Å². The van der Waals surface area contributed by atoms with Crippen LogP contribution in [-0.2, 0) is 16.0 Å². The topological polar surface area (TPSA) is 98.2 Å². The predicted octanol–water partition coefficient (Wildman–Crippen LogP) is 1.66. The van der Waals surface area contributed by atoms with Crippen molar-refractivity contribution in [2.24, 2.45) is 23.3 Å². The summed E-state index contributed by atoms with van der Waals surface area (Å²) < 4.78 is 0. The van der Waals surface area contributed by atoms with Crippen LogP contribution in [0.5, 0.6) is 0 Å². The lowest BCUT2D eigenvalue weighted by molar-refractivity contribution is -0.118. The smallest absolute Gasteiger partial charge is 0.224 e. The van der Waals surface area contributed by atoms with Crippen molar-refractivity contribution in [1.29, 1.82) is 0 Å². The molecule has 2 amide bonds. The van der Waals surface area contributed by atoms with E-state index in [1.807, 2.05) is 0 Å². The lowest BCUT2D eigenvalue weighted by Crippen LogP contribution is -2.23. The number of amides is 2. The molecule has 0 aliphatic heterocycles. The largest absolute Gasteiger partial charge is 0.369 e. The monoisotopic (exact) mass is 291 g/mol. The van der Waals surface area contributed by atoms with Crippen LogP contribution in [0.2, 0.25) is 0 Å². The number of carbonyl (C=O) groups excluding carboxylic acids is 2. The molecule has 0 aliphatic carbocycles. The van der Waals surface area contributed by atoms with Gasteiger partial charge in [0.2, 0.25) is 11.8 Å². The van der Waals surface area contributed by atoms with Crippen LogP contribution < -0.4 is 16.8 Å². The van der Waals surface area contributed by atoms with Crippen LogP contribution in [0, 0.1) is 11.8 Å². The van der Waals surface area contributed by atoms with Crippen molar-refractivity contribution in [2.45, 2.75) is 33.1 Å². The van der Waals surface area contributed by atoms with Crippen LogP contribution >= 0.6 is 0 Å². The van der Waals surface area contributed by atoms with Gasteiger partial charge in [-0.3, -0.25) is 9.59 Å². The molecule has 0 aromatic heterocycles. The van der Waals surface area contributed by atoms with Gasteiger partial charge in [0.25, 0.3) is 0 Å². The highest BCUT2D eigenvalue weighted by atomic mass is 16.1.